The minimum atomic E-state index is -4.13. The number of nitrogens with two attached hydrogens (primary N) is 1. The number of sulfone groups is 1. The van der Waals surface area contributed by atoms with E-state index in [1.165, 1.54) is 0 Å². The summed E-state index contributed by atoms with van der Waals surface area (Å²) in [5.74, 6) is -6.22. The summed E-state index contributed by atoms with van der Waals surface area (Å²) >= 11 is 5.92. The third-order valence-electron chi connectivity index (χ3n) is 6.02. The van der Waals surface area contributed by atoms with Gasteiger partial charge in [0, 0.05) is 23.8 Å². The highest BCUT2D eigenvalue weighted by Crippen LogP contribution is 2.48. The smallest absolute Gasteiger partial charge is 0.250 e. The number of nitrogens with zero attached hydrogens (tertiary/aromatic N) is 3. The van der Waals surface area contributed by atoms with Gasteiger partial charge in [-0.3, -0.25) is 4.79 Å². The Balaban J connectivity index is 1.59. The molecule has 1 aliphatic heterocycles. The number of anilines is 1. The van der Waals surface area contributed by atoms with Gasteiger partial charge in [0.1, 0.15) is 5.82 Å². The van der Waals surface area contributed by atoms with Gasteiger partial charge >= 0.3 is 0 Å². The van der Waals surface area contributed by atoms with E-state index in [0.29, 0.717) is 10.6 Å². The molecule has 2 aliphatic rings. The summed E-state index contributed by atoms with van der Waals surface area (Å²) in [5, 5.41) is 7.99. The Hall–Kier alpha value is -2.96. The lowest BCUT2D eigenvalue weighted by molar-refractivity contribution is -0.119. The molecule has 3 aromatic rings. The van der Waals surface area contributed by atoms with Crippen molar-refractivity contribution in [1.82, 2.24) is 10.2 Å². The lowest BCUT2D eigenvalue weighted by atomic mass is 9.81. The number of halogens is 4. The molecule has 1 aromatic heterocycles. The number of fused-ring (bicyclic) bond motifs is 1. The topological polar surface area (TPSA) is 119 Å². The third kappa shape index (κ3) is 4.41. The van der Waals surface area contributed by atoms with Crippen LogP contribution in [0.4, 0.5) is 18.9 Å². The quantitative estimate of drug-likeness (QED) is 0.550. The van der Waals surface area contributed by atoms with E-state index in [-0.39, 0.29) is 29.6 Å². The Labute approximate surface area is 202 Å². The van der Waals surface area contributed by atoms with Gasteiger partial charge in [-0.05, 0) is 29.8 Å². The number of carbonyl (C=O) groups excluding carboxylic acids is 1. The predicted octanol–water partition coefficient (Wildman–Crippen LogP) is 3.69. The van der Waals surface area contributed by atoms with E-state index in [4.69, 9.17) is 21.8 Å². The van der Waals surface area contributed by atoms with Crippen LogP contribution in [0.2, 0.25) is 5.02 Å². The van der Waals surface area contributed by atoms with Gasteiger partial charge in [0.05, 0.1) is 34.5 Å². The maximum Gasteiger partial charge on any atom is 0.250 e. The van der Waals surface area contributed by atoms with Crippen molar-refractivity contribution in [3.8, 4) is 11.5 Å². The predicted molar refractivity (Wildman–Crippen MR) is 119 cm³/mol. The highest BCUT2D eigenvalue weighted by Gasteiger charge is 2.48. The number of hydrogen-bond acceptors (Lipinski definition) is 7. The van der Waals surface area contributed by atoms with Crippen LogP contribution in [0.3, 0.4) is 0 Å². The van der Waals surface area contributed by atoms with Crippen molar-refractivity contribution >= 4 is 33.0 Å². The molecule has 8 nitrogen and oxygen atoms in total. The number of rotatable bonds is 4. The molecule has 2 heterocycles. The standard InChI is InChI=1S/C22H18ClF3N4O4S/c23-13-3-1-11(2-4-13)9-30-17-5-14(20-29-28-19(34-20)12-7-22(25,26)8-12)15(24)6-18(17)35(32,33)10-16(27)21(30)31/h1-6,12,16H,7-10,27H2/t16-/m0/s1. The molecule has 0 bridgehead atoms. The van der Waals surface area contributed by atoms with Crippen LogP contribution >= 0.6 is 11.6 Å². The highest BCUT2D eigenvalue weighted by atomic mass is 35.5. The summed E-state index contributed by atoms with van der Waals surface area (Å²) in [4.78, 5) is 13.8. The first kappa shape index (κ1) is 23.8. The summed E-state index contributed by atoms with van der Waals surface area (Å²) in [6.07, 6.45) is -0.915. The molecule has 2 aromatic carbocycles. The highest BCUT2D eigenvalue weighted by molar-refractivity contribution is 7.91. The van der Waals surface area contributed by atoms with Crippen molar-refractivity contribution in [1.29, 1.82) is 0 Å². The summed E-state index contributed by atoms with van der Waals surface area (Å²) in [7, 11) is -4.13. The average Bonchev–Trinajstić information content (AvgIpc) is 3.23. The number of benzene rings is 2. The van der Waals surface area contributed by atoms with Crippen LogP contribution in [0.25, 0.3) is 11.5 Å². The van der Waals surface area contributed by atoms with E-state index in [1.807, 2.05) is 0 Å². The van der Waals surface area contributed by atoms with Crippen molar-refractivity contribution < 1.29 is 30.8 Å². The summed E-state index contributed by atoms with van der Waals surface area (Å²) in [6.45, 7) is -0.0659. The molecule has 1 fully saturated rings. The van der Waals surface area contributed by atoms with Crippen molar-refractivity contribution in [2.24, 2.45) is 5.73 Å². The SMILES string of the molecule is N[C@H]1CS(=O)(=O)c2cc(F)c(-c3nnc(C4CC(F)(F)C4)o3)cc2N(Cc2ccc(Cl)cc2)C1=O. The first-order valence-corrected chi connectivity index (χ1v) is 12.6. The molecule has 13 heteroatoms. The maximum absolute atomic E-state index is 15.1. The molecule has 2 N–H and O–H groups in total. The largest absolute Gasteiger partial charge is 0.420 e. The van der Waals surface area contributed by atoms with Crippen LogP contribution in [-0.2, 0) is 21.2 Å². The molecule has 184 valence electrons. The van der Waals surface area contributed by atoms with E-state index in [1.54, 1.807) is 24.3 Å². The normalized spacial score (nSPS) is 21.3. The molecule has 1 aliphatic carbocycles. The zero-order chi connectivity index (χ0) is 25.1. The van der Waals surface area contributed by atoms with Gasteiger partial charge in [0.15, 0.2) is 9.84 Å². The fourth-order valence-electron chi connectivity index (χ4n) is 4.16. The van der Waals surface area contributed by atoms with E-state index >= 15 is 4.39 Å². The molecule has 0 saturated heterocycles. The minimum Gasteiger partial charge on any atom is -0.420 e. The number of hydrogen-bond donors (Lipinski definition) is 1. The molecule has 1 amide bonds. The molecule has 1 saturated carbocycles. The molecular weight excluding hydrogens is 509 g/mol. The molecule has 1 atom stereocenters. The summed E-state index contributed by atoms with van der Waals surface area (Å²) < 4.78 is 72.8. The fraction of sp³-hybridized carbons (Fsp3) is 0.318. The second-order valence-corrected chi connectivity index (χ2v) is 11.1. The summed E-state index contributed by atoms with van der Waals surface area (Å²) in [6, 6.07) is 7.06. The third-order valence-corrected chi connectivity index (χ3v) is 8.07. The van der Waals surface area contributed by atoms with E-state index in [0.717, 1.165) is 17.0 Å². The second-order valence-electron chi connectivity index (χ2n) is 8.65. The molecule has 0 radical (unpaired) electrons. The Kier molecular flexibility index (Phi) is 5.65. The number of alkyl halides is 2. The monoisotopic (exact) mass is 526 g/mol. The lowest BCUT2D eigenvalue weighted by Gasteiger charge is -2.32. The van der Waals surface area contributed by atoms with E-state index < -0.39 is 62.9 Å². The number of amides is 1. The lowest BCUT2D eigenvalue weighted by Crippen LogP contribution is -2.45. The zero-order valence-electron chi connectivity index (χ0n) is 17.9. The van der Waals surface area contributed by atoms with Crippen LogP contribution in [0.5, 0.6) is 0 Å². The number of aromatic nitrogens is 2. The van der Waals surface area contributed by atoms with Crippen LogP contribution in [0.1, 0.15) is 30.2 Å². The molecule has 0 spiro atoms. The minimum absolute atomic E-state index is 0.0657. The second kappa shape index (κ2) is 8.32. The van der Waals surface area contributed by atoms with Gasteiger partial charge in [0.25, 0.3) is 5.89 Å². The van der Waals surface area contributed by atoms with Crippen molar-refractivity contribution in [2.45, 2.75) is 42.2 Å². The Morgan fingerprint density at radius 1 is 1.17 bits per heavy atom. The Morgan fingerprint density at radius 3 is 2.51 bits per heavy atom. The van der Waals surface area contributed by atoms with Crippen LogP contribution in [-0.4, -0.2) is 42.2 Å². The molecular formula is C22H18ClF3N4O4S. The van der Waals surface area contributed by atoms with Crippen molar-refractivity contribution in [3.05, 3.63) is 58.7 Å². The van der Waals surface area contributed by atoms with Gasteiger partial charge in [-0.1, -0.05) is 23.7 Å². The van der Waals surface area contributed by atoms with Gasteiger partial charge in [0.2, 0.25) is 17.7 Å². The van der Waals surface area contributed by atoms with E-state index in [9.17, 15) is 22.0 Å². The van der Waals surface area contributed by atoms with E-state index in [2.05, 4.69) is 10.2 Å². The van der Waals surface area contributed by atoms with Crippen LogP contribution < -0.4 is 10.6 Å². The average molecular weight is 527 g/mol. The first-order chi connectivity index (χ1) is 16.4. The van der Waals surface area contributed by atoms with Crippen molar-refractivity contribution in [3.63, 3.8) is 0 Å². The number of carbonyl (C=O) groups is 1. The van der Waals surface area contributed by atoms with Crippen molar-refractivity contribution in [2.75, 3.05) is 10.7 Å². The van der Waals surface area contributed by atoms with Crippen LogP contribution in [0, 0.1) is 5.82 Å². The molecule has 5 rings (SSSR count). The van der Waals surface area contributed by atoms with Gasteiger partial charge in [-0.15, -0.1) is 10.2 Å². The zero-order valence-corrected chi connectivity index (χ0v) is 19.5. The summed E-state index contributed by atoms with van der Waals surface area (Å²) in [5.41, 5.74) is 6.13. The van der Waals surface area contributed by atoms with Crippen LogP contribution in [0.15, 0.2) is 45.7 Å². The molecule has 35 heavy (non-hydrogen) atoms. The van der Waals surface area contributed by atoms with Gasteiger partial charge in [-0.25, -0.2) is 21.6 Å². The maximum atomic E-state index is 15.1. The van der Waals surface area contributed by atoms with Gasteiger partial charge < -0.3 is 15.1 Å². The Bertz CT molecular complexity index is 1420. The Morgan fingerprint density at radius 2 is 1.86 bits per heavy atom. The van der Waals surface area contributed by atoms with Gasteiger partial charge in [-0.2, -0.15) is 0 Å². The molecule has 0 unspecified atom stereocenters. The fourth-order valence-corrected chi connectivity index (χ4v) is 5.86. The first-order valence-electron chi connectivity index (χ1n) is 10.5.